The Morgan fingerprint density at radius 2 is 1.66 bits per heavy atom. The minimum absolute atomic E-state index is 0.133. The van der Waals surface area contributed by atoms with Crippen LogP contribution in [0.15, 0.2) is 42.5 Å². The SMILES string of the molecule is COC(=O)[C@H](Cc1ccc(OCCN2CCOCC2)cc1)NC(=O)[C@H](C)NC(=O)Cc1cc(F)cc(F)c1. The van der Waals surface area contributed by atoms with Crippen molar-refractivity contribution in [3.8, 4) is 5.75 Å². The largest absolute Gasteiger partial charge is 0.492 e. The van der Waals surface area contributed by atoms with Crippen LogP contribution >= 0.6 is 0 Å². The molecule has 1 fully saturated rings. The first kappa shape index (κ1) is 29.0. The first-order valence-electron chi connectivity index (χ1n) is 12.4. The lowest BCUT2D eigenvalue weighted by Crippen LogP contribution is -2.51. The molecule has 0 unspecified atom stereocenters. The smallest absolute Gasteiger partial charge is 0.328 e. The van der Waals surface area contributed by atoms with E-state index in [1.54, 1.807) is 24.3 Å². The average molecular weight is 534 g/mol. The van der Waals surface area contributed by atoms with E-state index in [1.165, 1.54) is 14.0 Å². The van der Waals surface area contributed by atoms with Crippen molar-refractivity contribution in [2.75, 3.05) is 46.6 Å². The van der Waals surface area contributed by atoms with Gasteiger partial charge in [0.15, 0.2) is 0 Å². The normalized spacial score (nSPS) is 15.3. The summed E-state index contributed by atoms with van der Waals surface area (Å²) in [7, 11) is 1.22. The van der Waals surface area contributed by atoms with Gasteiger partial charge in [-0.2, -0.15) is 0 Å². The van der Waals surface area contributed by atoms with Crippen molar-refractivity contribution in [1.82, 2.24) is 15.5 Å². The van der Waals surface area contributed by atoms with Crippen molar-refractivity contribution in [2.45, 2.75) is 31.8 Å². The molecule has 0 bridgehead atoms. The Kier molecular flexibility index (Phi) is 11.0. The highest BCUT2D eigenvalue weighted by atomic mass is 19.1. The summed E-state index contributed by atoms with van der Waals surface area (Å²) in [6, 6.07) is 7.99. The maximum absolute atomic E-state index is 13.4. The van der Waals surface area contributed by atoms with Crippen LogP contribution in [0.1, 0.15) is 18.1 Å². The highest BCUT2D eigenvalue weighted by Gasteiger charge is 2.25. The summed E-state index contributed by atoms with van der Waals surface area (Å²) in [6.45, 7) is 6.02. The lowest BCUT2D eigenvalue weighted by Gasteiger charge is -2.26. The molecule has 2 aromatic rings. The summed E-state index contributed by atoms with van der Waals surface area (Å²) in [5, 5.41) is 5.06. The number of amides is 2. The number of esters is 1. The van der Waals surface area contributed by atoms with Gasteiger partial charge in [-0.05, 0) is 42.3 Å². The zero-order valence-corrected chi connectivity index (χ0v) is 21.5. The number of hydrogen-bond donors (Lipinski definition) is 2. The molecule has 1 heterocycles. The van der Waals surface area contributed by atoms with E-state index in [0.29, 0.717) is 18.4 Å². The molecule has 11 heteroatoms. The van der Waals surface area contributed by atoms with Crippen LogP contribution in [0.2, 0.25) is 0 Å². The van der Waals surface area contributed by atoms with E-state index in [1.807, 2.05) is 0 Å². The van der Waals surface area contributed by atoms with Gasteiger partial charge in [0.2, 0.25) is 11.8 Å². The number of carbonyl (C=O) groups is 3. The fourth-order valence-corrected chi connectivity index (χ4v) is 3.96. The molecule has 0 radical (unpaired) electrons. The molecule has 9 nitrogen and oxygen atoms in total. The van der Waals surface area contributed by atoms with E-state index in [-0.39, 0.29) is 18.4 Å². The van der Waals surface area contributed by atoms with E-state index >= 15 is 0 Å². The number of carbonyl (C=O) groups excluding carboxylic acids is 3. The third-order valence-corrected chi connectivity index (χ3v) is 6.00. The summed E-state index contributed by atoms with van der Waals surface area (Å²) in [5.74, 6) is -2.76. The quantitative estimate of drug-likeness (QED) is 0.400. The monoisotopic (exact) mass is 533 g/mol. The molecule has 1 aliphatic heterocycles. The van der Waals surface area contributed by atoms with Gasteiger partial charge < -0.3 is 24.8 Å². The van der Waals surface area contributed by atoms with Gasteiger partial charge in [-0.15, -0.1) is 0 Å². The van der Waals surface area contributed by atoms with Gasteiger partial charge in [0.1, 0.15) is 36.1 Å². The van der Waals surface area contributed by atoms with Crippen LogP contribution in [0.3, 0.4) is 0 Å². The molecule has 2 N–H and O–H groups in total. The molecule has 0 aromatic heterocycles. The number of nitrogens with zero attached hydrogens (tertiary/aromatic N) is 1. The number of ether oxygens (including phenoxy) is 3. The van der Waals surface area contributed by atoms with Gasteiger partial charge in [-0.1, -0.05) is 12.1 Å². The lowest BCUT2D eigenvalue weighted by molar-refractivity contribution is -0.145. The average Bonchev–Trinajstić information content (AvgIpc) is 2.88. The van der Waals surface area contributed by atoms with Crippen LogP contribution in [-0.4, -0.2) is 81.3 Å². The zero-order valence-electron chi connectivity index (χ0n) is 21.5. The molecule has 1 aliphatic rings. The summed E-state index contributed by atoms with van der Waals surface area (Å²) in [6.07, 6.45) is -0.150. The minimum Gasteiger partial charge on any atom is -0.492 e. The fourth-order valence-electron chi connectivity index (χ4n) is 3.96. The fraction of sp³-hybridized carbons (Fsp3) is 0.444. The Bertz CT molecular complexity index is 1070. The second kappa shape index (κ2) is 14.4. The van der Waals surface area contributed by atoms with E-state index < -0.39 is 41.5 Å². The number of rotatable bonds is 12. The summed E-state index contributed by atoms with van der Waals surface area (Å²) in [4.78, 5) is 39.5. The van der Waals surface area contributed by atoms with Crippen molar-refractivity contribution in [3.05, 3.63) is 65.2 Å². The Hall–Kier alpha value is -3.57. The number of methoxy groups -OCH3 is 1. The Balaban J connectivity index is 1.49. The van der Waals surface area contributed by atoms with E-state index in [9.17, 15) is 23.2 Å². The van der Waals surface area contributed by atoms with Gasteiger partial charge in [0.05, 0.1) is 26.7 Å². The minimum atomic E-state index is -1.00. The van der Waals surface area contributed by atoms with Crippen molar-refractivity contribution in [3.63, 3.8) is 0 Å². The maximum atomic E-state index is 13.4. The highest BCUT2D eigenvalue weighted by Crippen LogP contribution is 2.14. The third kappa shape index (κ3) is 9.38. The predicted molar refractivity (Wildman–Crippen MR) is 135 cm³/mol. The summed E-state index contributed by atoms with van der Waals surface area (Å²) >= 11 is 0. The molecule has 2 amide bonds. The van der Waals surface area contributed by atoms with E-state index in [4.69, 9.17) is 14.2 Å². The van der Waals surface area contributed by atoms with E-state index in [2.05, 4.69) is 15.5 Å². The molecule has 2 aromatic carbocycles. The number of morpholine rings is 1. The third-order valence-electron chi connectivity index (χ3n) is 6.00. The molecule has 2 atom stereocenters. The molecular weight excluding hydrogens is 500 g/mol. The van der Waals surface area contributed by atoms with Gasteiger partial charge in [-0.25, -0.2) is 13.6 Å². The van der Waals surface area contributed by atoms with Crippen LogP contribution in [-0.2, 0) is 36.7 Å². The van der Waals surface area contributed by atoms with Gasteiger partial charge in [-0.3, -0.25) is 14.5 Å². The van der Waals surface area contributed by atoms with Crippen molar-refractivity contribution in [1.29, 1.82) is 0 Å². The topological polar surface area (TPSA) is 106 Å². The van der Waals surface area contributed by atoms with E-state index in [0.717, 1.165) is 50.5 Å². The number of hydrogen-bond acceptors (Lipinski definition) is 7. The second-order valence-corrected chi connectivity index (χ2v) is 8.98. The Labute approximate surface area is 220 Å². The highest BCUT2D eigenvalue weighted by molar-refractivity contribution is 5.91. The molecule has 3 rings (SSSR count). The molecular formula is C27H33F2N3O6. The van der Waals surface area contributed by atoms with Crippen LogP contribution in [0.25, 0.3) is 0 Å². The molecule has 0 saturated carbocycles. The zero-order chi connectivity index (χ0) is 27.5. The molecule has 0 spiro atoms. The summed E-state index contributed by atoms with van der Waals surface area (Å²) in [5.41, 5.74) is 0.902. The van der Waals surface area contributed by atoms with Crippen LogP contribution in [0.5, 0.6) is 5.75 Å². The number of benzene rings is 2. The standard InChI is InChI=1S/C27H33F2N3O6/c1-18(30-25(33)16-20-13-21(28)17-22(29)14-20)26(34)31-24(27(35)36-2)15-19-3-5-23(6-4-19)38-12-9-32-7-10-37-11-8-32/h3-6,13-14,17-18,24H,7-12,15-16H2,1-2H3,(H,30,33)(H,31,34)/t18-,24-/m0/s1. The van der Waals surface area contributed by atoms with Gasteiger partial charge in [0, 0.05) is 32.1 Å². The molecule has 1 saturated heterocycles. The van der Waals surface area contributed by atoms with Crippen molar-refractivity contribution < 1.29 is 37.4 Å². The van der Waals surface area contributed by atoms with Gasteiger partial charge >= 0.3 is 5.97 Å². The van der Waals surface area contributed by atoms with Crippen molar-refractivity contribution in [2.24, 2.45) is 0 Å². The molecule has 0 aliphatic carbocycles. The molecule has 38 heavy (non-hydrogen) atoms. The van der Waals surface area contributed by atoms with Crippen LogP contribution in [0.4, 0.5) is 8.78 Å². The predicted octanol–water partition coefficient (Wildman–Crippen LogP) is 1.62. The number of halogens is 2. The van der Waals surface area contributed by atoms with Crippen LogP contribution in [0, 0.1) is 11.6 Å². The first-order valence-corrected chi connectivity index (χ1v) is 12.4. The van der Waals surface area contributed by atoms with Crippen molar-refractivity contribution >= 4 is 17.8 Å². The first-order chi connectivity index (χ1) is 18.2. The Morgan fingerprint density at radius 1 is 1.00 bits per heavy atom. The maximum Gasteiger partial charge on any atom is 0.328 e. The second-order valence-electron chi connectivity index (χ2n) is 8.98. The Morgan fingerprint density at radius 3 is 2.29 bits per heavy atom. The van der Waals surface area contributed by atoms with Crippen LogP contribution < -0.4 is 15.4 Å². The number of nitrogens with one attached hydrogen (secondary N) is 2. The lowest BCUT2D eigenvalue weighted by atomic mass is 10.1. The van der Waals surface area contributed by atoms with Gasteiger partial charge in [0.25, 0.3) is 0 Å². The molecule has 206 valence electrons. The summed E-state index contributed by atoms with van der Waals surface area (Å²) < 4.78 is 42.7.